The number of nitrogens with zero attached hydrogens (tertiary/aromatic N) is 1. The fourth-order valence-electron chi connectivity index (χ4n) is 6.34. The Hall–Kier alpha value is -2.60. The molecular formula is C33H59N5O7. The lowest BCUT2D eigenvalue weighted by Gasteiger charge is -2.33. The highest BCUT2D eigenvalue weighted by Crippen LogP contribution is 2.36. The number of likely N-dealkylation sites (tertiary alicyclic amines) is 1. The molecule has 0 aromatic heterocycles. The molecule has 45 heavy (non-hydrogen) atoms. The van der Waals surface area contributed by atoms with Crippen LogP contribution < -0.4 is 21.3 Å². The largest absolute Gasteiger partial charge is 0.444 e. The highest BCUT2D eigenvalue weighted by Gasteiger charge is 2.39. The van der Waals surface area contributed by atoms with E-state index in [2.05, 4.69) is 21.3 Å². The first-order valence-electron chi connectivity index (χ1n) is 17.3. The van der Waals surface area contributed by atoms with E-state index >= 15 is 0 Å². The summed E-state index contributed by atoms with van der Waals surface area (Å²) < 4.78 is 5.32. The van der Waals surface area contributed by atoms with Gasteiger partial charge in [0.1, 0.15) is 17.7 Å². The first kappa shape index (κ1) is 36.9. The van der Waals surface area contributed by atoms with E-state index in [9.17, 15) is 29.4 Å². The number of alkyl carbamates (subject to hydrolysis) is 1. The number of rotatable bonds is 15. The van der Waals surface area contributed by atoms with Gasteiger partial charge in [0.25, 0.3) is 0 Å². The van der Waals surface area contributed by atoms with Gasteiger partial charge in [0.05, 0.1) is 12.1 Å². The monoisotopic (exact) mass is 637 g/mol. The highest BCUT2D eigenvalue weighted by atomic mass is 16.6. The molecule has 0 unspecified atom stereocenters. The number of nitrogens with one attached hydrogen (secondary N) is 4. The third kappa shape index (κ3) is 13.3. The summed E-state index contributed by atoms with van der Waals surface area (Å²) in [5.74, 6) is -0.107. The van der Waals surface area contributed by atoms with Crippen molar-refractivity contribution < 1.29 is 34.1 Å². The van der Waals surface area contributed by atoms with Crippen LogP contribution in [0.15, 0.2) is 0 Å². The second kappa shape index (κ2) is 17.9. The van der Waals surface area contributed by atoms with E-state index in [0.717, 1.165) is 51.4 Å². The molecule has 3 rings (SSSR count). The van der Waals surface area contributed by atoms with Gasteiger partial charge in [0, 0.05) is 32.1 Å². The molecule has 12 heteroatoms. The van der Waals surface area contributed by atoms with Gasteiger partial charge in [0.15, 0.2) is 0 Å². The predicted molar refractivity (Wildman–Crippen MR) is 171 cm³/mol. The third-order valence-electron chi connectivity index (χ3n) is 9.14. The summed E-state index contributed by atoms with van der Waals surface area (Å²) in [6, 6.07) is -1.66. The summed E-state index contributed by atoms with van der Waals surface area (Å²) in [6.45, 7) is 8.42. The van der Waals surface area contributed by atoms with Crippen LogP contribution in [-0.4, -0.2) is 94.6 Å². The van der Waals surface area contributed by atoms with Crippen LogP contribution in [-0.2, 0) is 14.3 Å². The molecule has 12 nitrogen and oxygen atoms in total. The van der Waals surface area contributed by atoms with E-state index in [-0.39, 0.29) is 42.8 Å². The van der Waals surface area contributed by atoms with E-state index in [4.69, 9.17) is 4.74 Å². The number of aliphatic hydroxyl groups is 2. The summed E-state index contributed by atoms with van der Waals surface area (Å²) in [5.41, 5.74) is -0.582. The van der Waals surface area contributed by atoms with Gasteiger partial charge in [-0.15, -0.1) is 0 Å². The van der Waals surface area contributed by atoms with Gasteiger partial charge < -0.3 is 41.1 Å². The zero-order chi connectivity index (χ0) is 33.0. The van der Waals surface area contributed by atoms with Gasteiger partial charge in [-0.25, -0.2) is 9.59 Å². The van der Waals surface area contributed by atoms with Crippen LogP contribution in [0.1, 0.15) is 118 Å². The second-order valence-corrected chi connectivity index (χ2v) is 14.3. The molecule has 1 saturated heterocycles. The molecule has 6 N–H and O–H groups in total. The number of carbonyl (C=O) groups excluding carboxylic acids is 4. The van der Waals surface area contributed by atoms with Crippen molar-refractivity contribution in [3.8, 4) is 0 Å². The zero-order valence-electron chi connectivity index (χ0n) is 27.9. The van der Waals surface area contributed by atoms with Crippen LogP contribution in [0, 0.1) is 11.8 Å². The number of carbonyl (C=O) groups is 4. The Kier molecular flexibility index (Phi) is 14.7. The van der Waals surface area contributed by atoms with Crippen molar-refractivity contribution in [1.29, 1.82) is 0 Å². The van der Waals surface area contributed by atoms with Crippen molar-refractivity contribution in [3.63, 3.8) is 0 Å². The maximum Gasteiger partial charge on any atom is 0.407 e. The number of piperidine rings is 1. The second-order valence-electron chi connectivity index (χ2n) is 14.3. The zero-order valence-corrected chi connectivity index (χ0v) is 27.9. The van der Waals surface area contributed by atoms with Crippen LogP contribution in [0.2, 0.25) is 0 Å². The van der Waals surface area contributed by atoms with Crippen molar-refractivity contribution in [3.05, 3.63) is 0 Å². The highest BCUT2D eigenvalue weighted by molar-refractivity contribution is 5.87. The normalized spacial score (nSPS) is 20.8. The molecule has 1 heterocycles. The van der Waals surface area contributed by atoms with E-state index in [1.807, 2.05) is 27.7 Å². The van der Waals surface area contributed by atoms with E-state index < -0.39 is 36.0 Å². The van der Waals surface area contributed by atoms with Gasteiger partial charge in [0.2, 0.25) is 11.8 Å². The van der Waals surface area contributed by atoms with Crippen LogP contribution in [0.25, 0.3) is 0 Å². The maximum absolute atomic E-state index is 13.1. The number of ether oxygens (including phenoxy) is 1. The van der Waals surface area contributed by atoms with Crippen molar-refractivity contribution in [2.45, 2.75) is 154 Å². The average molecular weight is 638 g/mol. The molecule has 1 aliphatic heterocycles. The Morgan fingerprint density at radius 3 is 2.20 bits per heavy atom. The molecule has 2 saturated carbocycles. The van der Waals surface area contributed by atoms with Crippen molar-refractivity contribution in [2.24, 2.45) is 11.8 Å². The molecule has 0 aromatic rings. The molecular weight excluding hydrogens is 578 g/mol. The van der Waals surface area contributed by atoms with Gasteiger partial charge >= 0.3 is 12.1 Å². The summed E-state index contributed by atoms with van der Waals surface area (Å²) in [6.07, 6.45) is 9.07. The predicted octanol–water partition coefficient (Wildman–Crippen LogP) is 3.34. The topological polar surface area (TPSA) is 169 Å². The first-order chi connectivity index (χ1) is 21.4. The fourth-order valence-corrected chi connectivity index (χ4v) is 6.34. The molecule has 2 aliphatic carbocycles. The lowest BCUT2D eigenvalue weighted by molar-refractivity contribution is -0.125. The number of urea groups is 1. The quantitative estimate of drug-likeness (QED) is 0.160. The molecule has 4 atom stereocenters. The molecule has 0 aromatic carbocycles. The Balaban J connectivity index is 1.44. The molecule has 0 bridgehead atoms. The van der Waals surface area contributed by atoms with Crippen molar-refractivity contribution in [2.75, 3.05) is 19.6 Å². The lowest BCUT2D eigenvalue weighted by atomic mass is 9.82. The third-order valence-corrected chi connectivity index (χ3v) is 9.14. The van der Waals surface area contributed by atoms with Crippen molar-refractivity contribution in [1.82, 2.24) is 26.2 Å². The van der Waals surface area contributed by atoms with E-state index in [1.54, 1.807) is 4.90 Å². The van der Waals surface area contributed by atoms with Gasteiger partial charge in [-0.2, -0.15) is 0 Å². The smallest absolute Gasteiger partial charge is 0.407 e. The number of hydrogen-bond donors (Lipinski definition) is 6. The summed E-state index contributed by atoms with van der Waals surface area (Å²) in [4.78, 5) is 52.8. The van der Waals surface area contributed by atoms with E-state index in [0.29, 0.717) is 44.7 Å². The number of unbranched alkanes of at least 4 members (excludes halogenated alkanes) is 1. The minimum absolute atomic E-state index is 0.0335. The molecule has 3 aliphatic rings. The summed E-state index contributed by atoms with van der Waals surface area (Å²) in [7, 11) is 0. The Morgan fingerprint density at radius 2 is 1.60 bits per heavy atom. The van der Waals surface area contributed by atoms with Crippen LogP contribution in [0.3, 0.4) is 0 Å². The van der Waals surface area contributed by atoms with E-state index in [1.165, 1.54) is 6.42 Å². The standard InChI is InChI=1S/C33H59N5O7/c1-5-6-12-25(37-31(43)38-19-16-24(17-20-38)35-32(44)45-33(2,3)4)30(42)34-18-15-27(39)36-26(21-22-10-8-7-9-11-22)29(41)28(40)23-13-14-23/h22-26,28-29,40-41H,5-21H2,1-4H3,(H,34,42)(H,35,44)(H,36,39)(H,37,43)/t25-,26-,28-,29+/m0/s1. The molecule has 3 fully saturated rings. The number of amides is 5. The molecule has 0 spiro atoms. The summed E-state index contributed by atoms with van der Waals surface area (Å²) in [5, 5.41) is 33.0. The lowest BCUT2D eigenvalue weighted by Crippen LogP contribution is -2.54. The summed E-state index contributed by atoms with van der Waals surface area (Å²) >= 11 is 0. The maximum atomic E-state index is 13.1. The molecule has 0 radical (unpaired) electrons. The SMILES string of the molecule is CCCC[C@H](NC(=O)N1CCC(NC(=O)OC(C)(C)C)CC1)C(=O)NCCC(=O)N[C@@H](CC1CCCCC1)[C@@H](O)[C@@H](O)C1CC1. The van der Waals surface area contributed by atoms with Gasteiger partial charge in [-0.05, 0) is 71.1 Å². The fraction of sp³-hybridized carbons (Fsp3) is 0.879. The minimum atomic E-state index is -1.01. The Bertz CT molecular complexity index is 956. The number of hydrogen-bond acceptors (Lipinski definition) is 7. The van der Waals surface area contributed by atoms with Crippen LogP contribution in [0.4, 0.5) is 9.59 Å². The molecule has 5 amide bonds. The minimum Gasteiger partial charge on any atom is -0.444 e. The van der Waals surface area contributed by atoms with Crippen LogP contribution in [0.5, 0.6) is 0 Å². The number of aliphatic hydroxyl groups excluding tert-OH is 2. The van der Waals surface area contributed by atoms with Crippen LogP contribution >= 0.6 is 0 Å². The van der Waals surface area contributed by atoms with Crippen molar-refractivity contribution >= 4 is 23.9 Å². The first-order valence-corrected chi connectivity index (χ1v) is 17.3. The van der Waals surface area contributed by atoms with Gasteiger partial charge in [-0.3, -0.25) is 9.59 Å². The Labute approximate surface area is 269 Å². The average Bonchev–Trinajstić information content (AvgIpc) is 3.84. The Morgan fingerprint density at radius 1 is 0.933 bits per heavy atom. The molecule has 258 valence electrons. The van der Waals surface area contributed by atoms with Gasteiger partial charge in [-0.1, -0.05) is 51.9 Å².